The molecule has 0 aliphatic heterocycles. The molecule has 0 heterocycles. The van der Waals surface area contributed by atoms with Crippen LogP contribution < -0.4 is 10.0 Å². The highest BCUT2D eigenvalue weighted by molar-refractivity contribution is 7.89. The highest BCUT2D eigenvalue weighted by Crippen LogP contribution is 2.17. The Bertz CT molecular complexity index is 863. The molecule has 0 aliphatic carbocycles. The van der Waals surface area contributed by atoms with E-state index in [1.54, 1.807) is 18.2 Å². The lowest BCUT2D eigenvalue weighted by atomic mass is 10.1. The lowest BCUT2D eigenvalue weighted by Gasteiger charge is -2.07. The standard InChI is InChI=1S/C15H15N3O5S/c1-16-24(22,23)13-8-6-11(7-9-13)15(19)17-10-12-4-2-3-5-14(12)18(20)21/h2-9,16H,10H2,1H3,(H,17,19). The Hall–Kier alpha value is -2.78. The second-order valence-corrected chi connectivity index (χ2v) is 6.69. The maximum absolute atomic E-state index is 12.1. The Morgan fingerprint density at radius 1 is 1.12 bits per heavy atom. The largest absolute Gasteiger partial charge is 0.348 e. The van der Waals surface area contributed by atoms with Gasteiger partial charge in [0.2, 0.25) is 10.0 Å². The van der Waals surface area contributed by atoms with Crippen molar-refractivity contribution >= 4 is 21.6 Å². The summed E-state index contributed by atoms with van der Waals surface area (Å²) >= 11 is 0. The van der Waals surface area contributed by atoms with Crippen LogP contribution in [0.15, 0.2) is 53.4 Å². The van der Waals surface area contributed by atoms with Crippen LogP contribution in [0.4, 0.5) is 5.69 Å². The van der Waals surface area contributed by atoms with Gasteiger partial charge in [0.25, 0.3) is 11.6 Å². The molecule has 2 aromatic rings. The Kier molecular flexibility index (Phi) is 5.27. The van der Waals surface area contributed by atoms with Gasteiger partial charge in [-0.15, -0.1) is 0 Å². The Balaban J connectivity index is 2.10. The van der Waals surface area contributed by atoms with Gasteiger partial charge in [-0.25, -0.2) is 13.1 Å². The summed E-state index contributed by atoms with van der Waals surface area (Å²) in [4.78, 5) is 22.5. The Labute approximate surface area is 138 Å². The fourth-order valence-electron chi connectivity index (χ4n) is 2.02. The van der Waals surface area contributed by atoms with Crippen molar-refractivity contribution in [3.63, 3.8) is 0 Å². The van der Waals surface area contributed by atoms with Crippen LogP contribution in [0.5, 0.6) is 0 Å². The number of nitro benzene ring substituents is 1. The predicted octanol–water partition coefficient (Wildman–Crippen LogP) is 1.43. The average Bonchev–Trinajstić information content (AvgIpc) is 2.60. The molecule has 126 valence electrons. The summed E-state index contributed by atoms with van der Waals surface area (Å²) < 4.78 is 25.4. The van der Waals surface area contributed by atoms with E-state index >= 15 is 0 Å². The molecule has 2 aromatic carbocycles. The van der Waals surface area contributed by atoms with Crippen molar-refractivity contribution in [3.05, 3.63) is 69.8 Å². The molecule has 9 heteroatoms. The van der Waals surface area contributed by atoms with Crippen LogP contribution in [0.1, 0.15) is 15.9 Å². The van der Waals surface area contributed by atoms with Crippen molar-refractivity contribution < 1.29 is 18.1 Å². The summed E-state index contributed by atoms with van der Waals surface area (Å²) in [6, 6.07) is 11.5. The van der Waals surface area contributed by atoms with Crippen molar-refractivity contribution in [1.82, 2.24) is 10.0 Å². The molecular weight excluding hydrogens is 334 g/mol. The van der Waals surface area contributed by atoms with Gasteiger partial charge in [0.1, 0.15) is 0 Å². The summed E-state index contributed by atoms with van der Waals surface area (Å²) in [6.07, 6.45) is 0. The Morgan fingerprint density at radius 2 is 1.75 bits per heavy atom. The maximum atomic E-state index is 12.1. The number of hydrogen-bond donors (Lipinski definition) is 2. The van der Waals surface area contributed by atoms with E-state index in [0.29, 0.717) is 5.56 Å². The number of benzene rings is 2. The van der Waals surface area contributed by atoms with Gasteiger partial charge in [-0.2, -0.15) is 0 Å². The van der Waals surface area contributed by atoms with Gasteiger partial charge in [-0.3, -0.25) is 14.9 Å². The summed E-state index contributed by atoms with van der Waals surface area (Å²) in [5, 5.41) is 13.5. The molecule has 0 saturated carbocycles. The van der Waals surface area contributed by atoms with Crippen LogP contribution in [-0.2, 0) is 16.6 Å². The van der Waals surface area contributed by atoms with Gasteiger partial charge in [-0.1, -0.05) is 18.2 Å². The average molecular weight is 349 g/mol. The summed E-state index contributed by atoms with van der Waals surface area (Å²) in [7, 11) is -2.27. The first kappa shape index (κ1) is 17.6. The van der Waals surface area contributed by atoms with E-state index in [2.05, 4.69) is 10.0 Å². The molecule has 0 saturated heterocycles. The first-order valence-corrected chi connectivity index (χ1v) is 8.37. The number of amides is 1. The topological polar surface area (TPSA) is 118 Å². The van der Waals surface area contributed by atoms with Crippen molar-refractivity contribution in [3.8, 4) is 0 Å². The number of nitrogens with one attached hydrogen (secondary N) is 2. The first-order valence-electron chi connectivity index (χ1n) is 6.89. The van der Waals surface area contributed by atoms with E-state index < -0.39 is 20.9 Å². The molecule has 0 spiro atoms. The number of para-hydroxylation sites is 1. The summed E-state index contributed by atoms with van der Waals surface area (Å²) in [5.74, 6) is -0.457. The van der Waals surface area contributed by atoms with Crippen molar-refractivity contribution in [2.45, 2.75) is 11.4 Å². The SMILES string of the molecule is CNS(=O)(=O)c1ccc(C(=O)NCc2ccccc2[N+](=O)[O-])cc1. The van der Waals surface area contributed by atoms with Gasteiger partial charge in [0.15, 0.2) is 0 Å². The van der Waals surface area contributed by atoms with E-state index in [1.165, 1.54) is 37.4 Å². The monoisotopic (exact) mass is 349 g/mol. The molecule has 0 radical (unpaired) electrons. The van der Waals surface area contributed by atoms with Gasteiger partial charge in [0, 0.05) is 23.7 Å². The number of rotatable bonds is 6. The number of nitro groups is 1. The Morgan fingerprint density at radius 3 is 2.33 bits per heavy atom. The lowest BCUT2D eigenvalue weighted by Crippen LogP contribution is -2.23. The fraction of sp³-hybridized carbons (Fsp3) is 0.133. The quantitative estimate of drug-likeness (QED) is 0.604. The minimum absolute atomic E-state index is 0.00739. The van der Waals surface area contributed by atoms with Crippen molar-refractivity contribution in [2.75, 3.05) is 7.05 Å². The van der Waals surface area contributed by atoms with Crippen LogP contribution in [0.25, 0.3) is 0 Å². The zero-order chi connectivity index (χ0) is 17.7. The number of hydrogen-bond acceptors (Lipinski definition) is 5. The third-order valence-electron chi connectivity index (χ3n) is 3.32. The van der Waals surface area contributed by atoms with Crippen LogP contribution in [0.3, 0.4) is 0 Å². The second kappa shape index (κ2) is 7.20. The lowest BCUT2D eigenvalue weighted by molar-refractivity contribution is -0.385. The highest BCUT2D eigenvalue weighted by Gasteiger charge is 2.15. The predicted molar refractivity (Wildman–Crippen MR) is 87.0 cm³/mol. The van der Waals surface area contributed by atoms with E-state index in [0.717, 1.165) is 0 Å². The van der Waals surface area contributed by atoms with Gasteiger partial charge in [-0.05, 0) is 31.3 Å². The molecule has 2 N–H and O–H groups in total. The van der Waals surface area contributed by atoms with E-state index in [-0.39, 0.29) is 22.7 Å². The second-order valence-electron chi connectivity index (χ2n) is 4.80. The van der Waals surface area contributed by atoms with Crippen LogP contribution in [0.2, 0.25) is 0 Å². The molecule has 1 amide bonds. The molecule has 2 rings (SSSR count). The van der Waals surface area contributed by atoms with E-state index in [9.17, 15) is 23.3 Å². The van der Waals surface area contributed by atoms with Gasteiger partial charge >= 0.3 is 0 Å². The number of sulfonamides is 1. The van der Waals surface area contributed by atoms with E-state index in [1.807, 2.05) is 0 Å². The summed E-state index contributed by atoms with van der Waals surface area (Å²) in [5.41, 5.74) is 0.558. The fourth-order valence-corrected chi connectivity index (χ4v) is 2.75. The molecule has 8 nitrogen and oxygen atoms in total. The smallest absolute Gasteiger partial charge is 0.274 e. The molecule has 0 aliphatic rings. The number of carbonyl (C=O) groups excluding carboxylic acids is 1. The molecule has 0 aromatic heterocycles. The zero-order valence-corrected chi connectivity index (χ0v) is 13.5. The molecule has 0 fully saturated rings. The third kappa shape index (κ3) is 3.94. The molecule has 24 heavy (non-hydrogen) atoms. The summed E-state index contributed by atoms with van der Waals surface area (Å²) in [6.45, 7) is -0.00739. The normalized spacial score (nSPS) is 11.0. The van der Waals surface area contributed by atoms with Gasteiger partial charge < -0.3 is 5.32 Å². The van der Waals surface area contributed by atoms with Crippen molar-refractivity contribution in [1.29, 1.82) is 0 Å². The van der Waals surface area contributed by atoms with Crippen LogP contribution in [-0.4, -0.2) is 26.3 Å². The molecule has 0 atom stereocenters. The minimum Gasteiger partial charge on any atom is -0.348 e. The first-order chi connectivity index (χ1) is 11.3. The molecule has 0 unspecified atom stereocenters. The zero-order valence-electron chi connectivity index (χ0n) is 12.7. The third-order valence-corrected chi connectivity index (χ3v) is 4.75. The van der Waals surface area contributed by atoms with Gasteiger partial charge in [0.05, 0.1) is 9.82 Å². The maximum Gasteiger partial charge on any atom is 0.274 e. The highest BCUT2D eigenvalue weighted by atomic mass is 32.2. The number of nitrogens with zero attached hydrogens (tertiary/aromatic N) is 1. The molecule has 0 bridgehead atoms. The number of carbonyl (C=O) groups is 1. The van der Waals surface area contributed by atoms with Crippen LogP contribution in [0, 0.1) is 10.1 Å². The van der Waals surface area contributed by atoms with E-state index in [4.69, 9.17) is 0 Å². The molecular formula is C15H15N3O5S. The van der Waals surface area contributed by atoms with Crippen LogP contribution >= 0.6 is 0 Å². The van der Waals surface area contributed by atoms with Crippen molar-refractivity contribution in [2.24, 2.45) is 0 Å². The minimum atomic E-state index is -3.57.